The quantitative estimate of drug-likeness (QED) is 0.419. The molecule has 0 fully saturated rings. The zero-order valence-electron chi connectivity index (χ0n) is 15.9. The van der Waals surface area contributed by atoms with Crippen LogP contribution < -0.4 is 10.2 Å². The molecule has 0 unspecified atom stereocenters. The van der Waals surface area contributed by atoms with Gasteiger partial charge in [-0.25, -0.2) is 9.97 Å². The van der Waals surface area contributed by atoms with Crippen molar-refractivity contribution in [1.82, 2.24) is 9.97 Å². The van der Waals surface area contributed by atoms with Crippen molar-refractivity contribution in [3.63, 3.8) is 0 Å². The van der Waals surface area contributed by atoms with Gasteiger partial charge in [-0.3, -0.25) is 9.69 Å². The highest BCUT2D eigenvalue weighted by Gasteiger charge is 2.32. The molecule has 1 aromatic carbocycles. The Kier molecular flexibility index (Phi) is 4.79. The van der Waals surface area contributed by atoms with Crippen molar-refractivity contribution in [2.45, 2.75) is 32.2 Å². The first kappa shape index (κ1) is 18.3. The number of pyridine rings is 2. The smallest absolute Gasteiger partial charge is 0.231 e. The molecular weight excluding hydrogens is 428 g/mol. The molecule has 146 valence electrons. The van der Waals surface area contributed by atoms with E-state index in [1.165, 1.54) is 11.1 Å². The monoisotopic (exact) mass is 448 g/mol. The van der Waals surface area contributed by atoms with Crippen molar-refractivity contribution < 1.29 is 4.79 Å². The number of nitrogens with zero attached hydrogens (tertiary/aromatic N) is 3. The minimum atomic E-state index is -0.0192. The van der Waals surface area contributed by atoms with Crippen LogP contribution >= 0.6 is 15.9 Å². The Hall–Kier alpha value is -2.73. The fraction of sp³-hybridized carbons (Fsp3) is 0.261. The van der Waals surface area contributed by atoms with Gasteiger partial charge >= 0.3 is 0 Å². The van der Waals surface area contributed by atoms with Gasteiger partial charge in [0.1, 0.15) is 10.4 Å². The summed E-state index contributed by atoms with van der Waals surface area (Å²) in [4.78, 5) is 24.7. The second-order valence-electron chi connectivity index (χ2n) is 7.61. The molecule has 0 saturated carbocycles. The zero-order chi connectivity index (χ0) is 19.8. The van der Waals surface area contributed by atoms with Gasteiger partial charge < -0.3 is 5.32 Å². The van der Waals surface area contributed by atoms with E-state index in [2.05, 4.69) is 55.5 Å². The molecule has 3 heterocycles. The molecule has 2 aromatic heterocycles. The number of carbonyl (C=O) groups excluding carboxylic acids is 1. The van der Waals surface area contributed by atoms with Crippen molar-refractivity contribution in [2.24, 2.45) is 5.92 Å². The van der Waals surface area contributed by atoms with E-state index in [1.807, 2.05) is 29.2 Å². The van der Waals surface area contributed by atoms with E-state index < -0.39 is 0 Å². The fourth-order valence-electron chi connectivity index (χ4n) is 4.28. The molecule has 0 saturated heterocycles. The first-order valence-electron chi connectivity index (χ1n) is 9.94. The van der Waals surface area contributed by atoms with Crippen molar-refractivity contribution in [3.05, 3.63) is 76.0 Å². The molecule has 0 spiro atoms. The highest BCUT2D eigenvalue weighted by Crippen LogP contribution is 2.36. The minimum absolute atomic E-state index is 0.0192. The molecular formula is C23H21BrN4O. The lowest BCUT2D eigenvalue weighted by molar-refractivity contribution is -0.122. The second kappa shape index (κ2) is 7.59. The number of amides is 1. The third-order valence-corrected chi connectivity index (χ3v) is 6.27. The van der Waals surface area contributed by atoms with Crippen LogP contribution in [0.25, 0.3) is 0 Å². The number of benzene rings is 1. The van der Waals surface area contributed by atoms with Crippen molar-refractivity contribution >= 4 is 39.2 Å². The summed E-state index contributed by atoms with van der Waals surface area (Å²) >= 11 is 3.46. The summed E-state index contributed by atoms with van der Waals surface area (Å²) in [7, 11) is 0. The summed E-state index contributed by atoms with van der Waals surface area (Å²) in [5.41, 5.74) is 4.54. The van der Waals surface area contributed by atoms with E-state index >= 15 is 0 Å². The highest BCUT2D eigenvalue weighted by atomic mass is 79.9. The number of nitrogens with one attached hydrogen (secondary N) is 1. The number of carbonyl (C=O) groups is 1. The van der Waals surface area contributed by atoms with Gasteiger partial charge in [0, 0.05) is 17.7 Å². The zero-order valence-corrected chi connectivity index (χ0v) is 17.5. The number of fused-ring (bicyclic) bond motifs is 3. The van der Waals surface area contributed by atoms with Gasteiger partial charge in [-0.1, -0.05) is 30.3 Å². The van der Waals surface area contributed by atoms with Crippen LogP contribution in [0.1, 0.15) is 29.5 Å². The van der Waals surface area contributed by atoms with Gasteiger partial charge in [-0.05, 0) is 70.9 Å². The Balaban J connectivity index is 1.49. The summed E-state index contributed by atoms with van der Waals surface area (Å²) in [6.45, 7) is 0.467. The van der Waals surface area contributed by atoms with Crippen LogP contribution in [0.2, 0.25) is 0 Å². The normalized spacial score (nSPS) is 16.0. The number of hydrogen-bond acceptors (Lipinski definition) is 4. The topological polar surface area (TPSA) is 58.1 Å². The minimum Gasteiger partial charge on any atom is -0.337 e. The van der Waals surface area contributed by atoms with E-state index in [9.17, 15) is 4.79 Å². The number of rotatable bonds is 1. The first-order chi connectivity index (χ1) is 14.2. The van der Waals surface area contributed by atoms with Crippen LogP contribution in [0, 0.1) is 5.92 Å². The van der Waals surface area contributed by atoms with Gasteiger partial charge in [0.2, 0.25) is 5.91 Å². The number of halogens is 1. The average molecular weight is 449 g/mol. The number of aryl methyl sites for hydroxylation is 2. The van der Waals surface area contributed by atoms with Gasteiger partial charge in [-0.2, -0.15) is 0 Å². The number of aromatic nitrogens is 2. The predicted molar refractivity (Wildman–Crippen MR) is 117 cm³/mol. The molecule has 6 heteroatoms. The summed E-state index contributed by atoms with van der Waals surface area (Å²) in [5, 5.41) is 3.36. The molecule has 5 nitrogen and oxygen atoms in total. The van der Waals surface area contributed by atoms with Crippen LogP contribution in [0.3, 0.4) is 0 Å². The Morgan fingerprint density at radius 2 is 1.72 bits per heavy atom. The molecule has 0 atom stereocenters. The molecule has 1 amide bonds. The molecule has 3 aromatic rings. The van der Waals surface area contributed by atoms with Gasteiger partial charge in [0.25, 0.3) is 0 Å². The molecule has 1 N–H and O–H groups in total. The third kappa shape index (κ3) is 3.53. The van der Waals surface area contributed by atoms with E-state index in [-0.39, 0.29) is 11.8 Å². The van der Waals surface area contributed by atoms with Crippen molar-refractivity contribution in [1.29, 1.82) is 0 Å². The standard InChI is InChI=1S/C23H21BrN4O/c24-20-12-11-19-22(27-20)28(14-18-6-3-13-25-21(18)26-19)23(29)17-9-7-15-4-1-2-5-16(15)8-10-17/h1-6,11-13,17H,7-10,14H2,(H,25,26). The fourth-order valence-corrected chi connectivity index (χ4v) is 4.58. The summed E-state index contributed by atoms with van der Waals surface area (Å²) < 4.78 is 0.711. The molecule has 0 bridgehead atoms. The molecule has 0 radical (unpaired) electrons. The largest absolute Gasteiger partial charge is 0.337 e. The van der Waals surface area contributed by atoms with Gasteiger partial charge in [-0.15, -0.1) is 0 Å². The molecule has 5 rings (SSSR count). The second-order valence-corrected chi connectivity index (χ2v) is 8.42. The Bertz CT molecular complexity index is 1060. The van der Waals surface area contributed by atoms with E-state index in [4.69, 9.17) is 0 Å². The van der Waals surface area contributed by atoms with E-state index in [0.29, 0.717) is 17.0 Å². The maximum Gasteiger partial charge on any atom is 0.231 e. The average Bonchev–Trinajstić information content (AvgIpc) is 3.05. The summed E-state index contributed by atoms with van der Waals surface area (Å²) in [6.07, 6.45) is 5.37. The SMILES string of the molecule is O=C(C1CCc2ccccc2CC1)N1Cc2cccnc2Nc2ccc(Br)nc21. The molecule has 1 aliphatic heterocycles. The summed E-state index contributed by atoms with van der Waals surface area (Å²) in [6, 6.07) is 16.3. The van der Waals surface area contributed by atoms with E-state index in [1.54, 1.807) is 6.20 Å². The molecule has 2 aliphatic rings. The molecule has 29 heavy (non-hydrogen) atoms. The first-order valence-corrected chi connectivity index (χ1v) is 10.7. The third-order valence-electron chi connectivity index (χ3n) is 5.83. The molecule has 1 aliphatic carbocycles. The van der Waals surface area contributed by atoms with Crippen molar-refractivity contribution in [3.8, 4) is 0 Å². The maximum absolute atomic E-state index is 13.7. The lowest BCUT2D eigenvalue weighted by Crippen LogP contribution is -2.36. The van der Waals surface area contributed by atoms with Gasteiger partial charge in [0.05, 0.1) is 12.2 Å². The lowest BCUT2D eigenvalue weighted by atomic mass is 9.97. The maximum atomic E-state index is 13.7. The number of hydrogen-bond donors (Lipinski definition) is 1. The van der Waals surface area contributed by atoms with Gasteiger partial charge in [0.15, 0.2) is 5.82 Å². The van der Waals surface area contributed by atoms with Crippen molar-refractivity contribution in [2.75, 3.05) is 10.2 Å². The Labute approximate surface area is 178 Å². The number of anilines is 3. The highest BCUT2D eigenvalue weighted by molar-refractivity contribution is 9.10. The van der Waals surface area contributed by atoms with E-state index in [0.717, 1.165) is 42.8 Å². The van der Waals surface area contributed by atoms with Crippen LogP contribution in [0.5, 0.6) is 0 Å². The van der Waals surface area contributed by atoms with Crippen LogP contribution in [-0.2, 0) is 24.2 Å². The van der Waals surface area contributed by atoms with Crippen LogP contribution in [-0.4, -0.2) is 15.9 Å². The predicted octanol–water partition coefficient (Wildman–Crippen LogP) is 5.02. The lowest BCUT2D eigenvalue weighted by Gasteiger charge is -2.26. The Morgan fingerprint density at radius 1 is 1.00 bits per heavy atom. The Morgan fingerprint density at radius 3 is 2.48 bits per heavy atom. The summed E-state index contributed by atoms with van der Waals surface area (Å²) in [5.74, 6) is 1.56. The van der Waals surface area contributed by atoms with Crippen LogP contribution in [0.15, 0.2) is 59.3 Å². The van der Waals surface area contributed by atoms with Crippen LogP contribution in [0.4, 0.5) is 17.3 Å².